The number of furan rings is 1. The molecule has 4 aliphatic rings. The molecule has 1 N–H and O–H groups in total. The molecule has 4 heterocycles. The minimum atomic E-state index is -0.941. The Morgan fingerprint density at radius 1 is 1.17 bits per heavy atom. The van der Waals surface area contributed by atoms with Gasteiger partial charge >= 0.3 is 0 Å². The van der Waals surface area contributed by atoms with Gasteiger partial charge in [0.05, 0.1) is 49.5 Å². The van der Waals surface area contributed by atoms with Gasteiger partial charge in [0.1, 0.15) is 24.2 Å². The van der Waals surface area contributed by atoms with Crippen molar-refractivity contribution in [1.29, 1.82) is 5.26 Å². The number of fused-ring (bicyclic) bond motifs is 1. The molecular weight excluding hydrogens is 456 g/mol. The molecule has 182 valence electrons. The van der Waals surface area contributed by atoms with E-state index in [1.165, 1.54) is 0 Å². The molecule has 7 nitrogen and oxygen atoms in total. The predicted octanol–water partition coefficient (Wildman–Crippen LogP) is 4.68. The molecule has 36 heavy (non-hydrogen) atoms. The summed E-state index contributed by atoms with van der Waals surface area (Å²) in [5.74, 6) is 1.05. The standard InChI is InChI=1S/C29H26N2O5/c30-13-20-9-21-8-19(4-5-26(21)31(14-20)24-6-7-33-17-24)15-34-25-3-1-2-22(10-25)28(32)11-23-16-36-29(23)18-35-27(29)12-28/h1-10,17,23,27,32H,11-12,14-16,18H2. The third-order valence-corrected chi connectivity index (χ3v) is 8.19. The molecule has 7 rings (SSSR count). The predicted molar refractivity (Wildman–Crippen MR) is 132 cm³/mol. The minimum absolute atomic E-state index is 0.0389. The van der Waals surface area contributed by atoms with Crippen molar-refractivity contribution in [3.8, 4) is 11.8 Å². The molecule has 2 aromatic carbocycles. The number of anilines is 2. The molecule has 0 radical (unpaired) electrons. The number of benzene rings is 2. The molecule has 1 aromatic heterocycles. The maximum absolute atomic E-state index is 11.5. The summed E-state index contributed by atoms with van der Waals surface area (Å²) in [7, 11) is 0. The van der Waals surface area contributed by atoms with E-state index < -0.39 is 5.60 Å². The number of hydrogen-bond acceptors (Lipinski definition) is 7. The largest absolute Gasteiger partial charge is 0.489 e. The van der Waals surface area contributed by atoms with E-state index in [4.69, 9.17) is 18.6 Å². The van der Waals surface area contributed by atoms with Gasteiger partial charge in [-0.1, -0.05) is 18.2 Å². The highest BCUT2D eigenvalue weighted by Crippen LogP contribution is 2.57. The summed E-state index contributed by atoms with van der Waals surface area (Å²) in [5.41, 5.74) is 4.36. The van der Waals surface area contributed by atoms with Gasteiger partial charge in [0.25, 0.3) is 0 Å². The summed E-state index contributed by atoms with van der Waals surface area (Å²) in [5, 5.41) is 21.1. The van der Waals surface area contributed by atoms with Gasteiger partial charge < -0.3 is 28.6 Å². The van der Waals surface area contributed by atoms with Gasteiger partial charge in [0, 0.05) is 29.7 Å². The van der Waals surface area contributed by atoms with Gasteiger partial charge in [0.2, 0.25) is 0 Å². The van der Waals surface area contributed by atoms with Crippen LogP contribution in [0.5, 0.6) is 5.75 Å². The van der Waals surface area contributed by atoms with Crippen molar-refractivity contribution in [3.05, 3.63) is 83.3 Å². The summed E-state index contributed by atoms with van der Waals surface area (Å²) in [6, 6.07) is 18.1. The molecule has 3 aliphatic heterocycles. The summed E-state index contributed by atoms with van der Waals surface area (Å²) in [6.07, 6.45) is 6.43. The molecule has 1 spiro atoms. The fourth-order valence-electron chi connectivity index (χ4n) is 6.09. The average Bonchev–Trinajstić information content (AvgIpc) is 3.42. The van der Waals surface area contributed by atoms with Crippen LogP contribution in [0.15, 0.2) is 71.0 Å². The van der Waals surface area contributed by atoms with E-state index >= 15 is 0 Å². The third kappa shape index (κ3) is 3.30. The fraction of sp³-hybridized carbons (Fsp3) is 0.345. The second-order valence-electron chi connectivity index (χ2n) is 10.3. The van der Waals surface area contributed by atoms with Crippen LogP contribution in [-0.2, 0) is 21.7 Å². The number of rotatable bonds is 5. The van der Waals surface area contributed by atoms with Gasteiger partial charge in [-0.25, -0.2) is 0 Å². The average molecular weight is 483 g/mol. The zero-order valence-corrected chi connectivity index (χ0v) is 19.7. The first-order chi connectivity index (χ1) is 17.6. The summed E-state index contributed by atoms with van der Waals surface area (Å²) in [4.78, 5) is 2.07. The number of nitrogens with zero attached hydrogens (tertiary/aromatic N) is 2. The van der Waals surface area contributed by atoms with Crippen LogP contribution in [0, 0.1) is 17.2 Å². The summed E-state index contributed by atoms with van der Waals surface area (Å²) < 4.78 is 23.0. The van der Waals surface area contributed by atoms with Crippen molar-refractivity contribution in [2.45, 2.75) is 36.8 Å². The molecule has 4 unspecified atom stereocenters. The van der Waals surface area contributed by atoms with E-state index in [1.807, 2.05) is 42.5 Å². The highest BCUT2D eigenvalue weighted by molar-refractivity contribution is 5.80. The summed E-state index contributed by atoms with van der Waals surface area (Å²) >= 11 is 0. The Hall–Kier alpha value is -3.57. The SMILES string of the molecule is N#CC1=Cc2cc(COc3cccc(C4(O)CC5COC56COC6C4)c3)ccc2N(c2ccoc2)C1. The van der Waals surface area contributed by atoms with Gasteiger partial charge in [-0.2, -0.15) is 5.26 Å². The van der Waals surface area contributed by atoms with Crippen LogP contribution >= 0.6 is 0 Å². The van der Waals surface area contributed by atoms with Crippen molar-refractivity contribution in [1.82, 2.24) is 0 Å². The monoisotopic (exact) mass is 482 g/mol. The van der Waals surface area contributed by atoms with Crippen LogP contribution < -0.4 is 9.64 Å². The topological polar surface area (TPSA) is 88.1 Å². The minimum Gasteiger partial charge on any atom is -0.489 e. The lowest BCUT2D eigenvalue weighted by atomic mass is 9.60. The maximum Gasteiger partial charge on any atom is 0.123 e. The lowest BCUT2D eigenvalue weighted by Gasteiger charge is -2.65. The number of hydrogen-bond donors (Lipinski definition) is 1. The Kier molecular flexibility index (Phi) is 4.80. The first-order valence-corrected chi connectivity index (χ1v) is 12.3. The van der Waals surface area contributed by atoms with E-state index in [0.717, 1.165) is 28.1 Å². The third-order valence-electron chi connectivity index (χ3n) is 8.19. The first kappa shape index (κ1) is 21.7. The van der Waals surface area contributed by atoms with Crippen molar-refractivity contribution in [2.75, 3.05) is 24.7 Å². The van der Waals surface area contributed by atoms with Crippen molar-refractivity contribution < 1.29 is 23.7 Å². The molecule has 4 atom stereocenters. The van der Waals surface area contributed by atoms with Gasteiger partial charge in [-0.05, 0) is 53.5 Å². The van der Waals surface area contributed by atoms with E-state index in [1.54, 1.807) is 12.5 Å². The van der Waals surface area contributed by atoms with E-state index in [-0.39, 0.29) is 11.7 Å². The highest BCUT2D eigenvalue weighted by Gasteiger charge is 2.67. The van der Waals surface area contributed by atoms with Crippen LogP contribution in [0.1, 0.15) is 29.5 Å². The zero-order valence-electron chi connectivity index (χ0n) is 19.7. The fourth-order valence-corrected chi connectivity index (χ4v) is 6.09. The van der Waals surface area contributed by atoms with Crippen LogP contribution in [0.4, 0.5) is 11.4 Å². The zero-order chi connectivity index (χ0) is 24.3. The Morgan fingerprint density at radius 2 is 2.11 bits per heavy atom. The molecular formula is C29H26N2O5. The van der Waals surface area contributed by atoms with Crippen LogP contribution in [0.3, 0.4) is 0 Å². The van der Waals surface area contributed by atoms with Crippen LogP contribution in [-0.4, -0.2) is 36.6 Å². The van der Waals surface area contributed by atoms with Gasteiger partial charge in [-0.15, -0.1) is 0 Å². The second-order valence-corrected chi connectivity index (χ2v) is 10.3. The number of nitriles is 1. The van der Waals surface area contributed by atoms with Crippen molar-refractivity contribution >= 4 is 17.5 Å². The summed E-state index contributed by atoms with van der Waals surface area (Å²) in [6.45, 7) is 2.22. The van der Waals surface area contributed by atoms with Gasteiger partial charge in [-0.3, -0.25) is 0 Å². The molecule has 1 saturated carbocycles. The first-order valence-electron chi connectivity index (χ1n) is 12.3. The number of ether oxygens (including phenoxy) is 3. The molecule has 7 heteroatoms. The van der Waals surface area contributed by atoms with Crippen LogP contribution in [0.25, 0.3) is 6.08 Å². The molecule has 3 fully saturated rings. The quantitative estimate of drug-likeness (QED) is 0.565. The van der Waals surface area contributed by atoms with Crippen molar-refractivity contribution in [3.63, 3.8) is 0 Å². The Morgan fingerprint density at radius 3 is 2.83 bits per heavy atom. The Bertz CT molecular complexity index is 1370. The normalized spacial score (nSPS) is 30.0. The lowest BCUT2D eigenvalue weighted by Crippen LogP contribution is -2.76. The molecule has 1 aliphatic carbocycles. The van der Waals surface area contributed by atoms with E-state index in [0.29, 0.717) is 56.4 Å². The second kappa shape index (κ2) is 7.97. The number of aliphatic hydroxyl groups is 1. The Balaban J connectivity index is 1.09. The van der Waals surface area contributed by atoms with Crippen molar-refractivity contribution in [2.24, 2.45) is 5.92 Å². The molecule has 3 aromatic rings. The van der Waals surface area contributed by atoms with E-state index in [2.05, 4.69) is 23.1 Å². The smallest absolute Gasteiger partial charge is 0.123 e. The van der Waals surface area contributed by atoms with Crippen LogP contribution in [0.2, 0.25) is 0 Å². The van der Waals surface area contributed by atoms with Gasteiger partial charge in [0.15, 0.2) is 0 Å². The Labute approximate surface area is 209 Å². The molecule has 2 saturated heterocycles. The molecule has 0 amide bonds. The highest BCUT2D eigenvalue weighted by atomic mass is 16.6. The lowest BCUT2D eigenvalue weighted by molar-refractivity contribution is -0.383. The molecule has 0 bridgehead atoms. The van der Waals surface area contributed by atoms with E-state index in [9.17, 15) is 10.4 Å². The maximum atomic E-state index is 11.5.